The molecule has 0 bridgehead atoms. The Morgan fingerprint density at radius 2 is 1.95 bits per heavy atom. The molecular weight excluding hydrogens is 260 g/mol. The highest BCUT2D eigenvalue weighted by molar-refractivity contribution is 5.20. The molecule has 1 aliphatic heterocycles. The summed E-state index contributed by atoms with van der Waals surface area (Å²) in [6.07, 6.45) is 0. The maximum Gasteiger partial charge on any atom is 0.121 e. The summed E-state index contributed by atoms with van der Waals surface area (Å²) in [6, 6.07) is 16.0. The lowest BCUT2D eigenvalue weighted by Gasteiger charge is -2.41. The second kappa shape index (κ2) is 6.04. The Morgan fingerprint density at radius 1 is 1.19 bits per heavy atom. The van der Waals surface area contributed by atoms with Gasteiger partial charge < -0.3 is 9.73 Å². The van der Waals surface area contributed by atoms with Gasteiger partial charge in [-0.25, -0.2) is 0 Å². The van der Waals surface area contributed by atoms with Crippen molar-refractivity contribution in [3.05, 3.63) is 59.5 Å². The van der Waals surface area contributed by atoms with Crippen LogP contribution in [0.25, 0.3) is 0 Å². The second-order valence-corrected chi connectivity index (χ2v) is 6.04. The summed E-state index contributed by atoms with van der Waals surface area (Å²) < 4.78 is 5.83. The highest BCUT2D eigenvalue weighted by atomic mass is 16.3. The SMILES string of the molecule is Cc1ccc(C(C)N2CC(c3ccccc3)NCC2C)o1. The second-order valence-electron chi connectivity index (χ2n) is 6.04. The molecule has 1 aromatic heterocycles. The maximum atomic E-state index is 5.83. The van der Waals surface area contributed by atoms with Crippen LogP contribution in [0, 0.1) is 6.92 Å². The Labute approximate surface area is 127 Å². The maximum absolute atomic E-state index is 5.83. The summed E-state index contributed by atoms with van der Waals surface area (Å²) in [4.78, 5) is 2.53. The quantitative estimate of drug-likeness (QED) is 0.932. The molecule has 1 fully saturated rings. The van der Waals surface area contributed by atoms with Crippen molar-refractivity contribution in [1.82, 2.24) is 10.2 Å². The number of piperazine rings is 1. The van der Waals surface area contributed by atoms with E-state index in [1.54, 1.807) is 0 Å². The van der Waals surface area contributed by atoms with Crippen LogP contribution in [0.5, 0.6) is 0 Å². The monoisotopic (exact) mass is 284 g/mol. The average molecular weight is 284 g/mol. The molecule has 1 saturated heterocycles. The molecular formula is C18H24N2O. The normalized spacial score (nSPS) is 24.9. The highest BCUT2D eigenvalue weighted by Gasteiger charge is 2.30. The lowest BCUT2D eigenvalue weighted by molar-refractivity contribution is 0.0871. The number of hydrogen-bond acceptors (Lipinski definition) is 3. The lowest BCUT2D eigenvalue weighted by atomic mass is 10.0. The van der Waals surface area contributed by atoms with Crippen molar-refractivity contribution in [1.29, 1.82) is 0 Å². The van der Waals surface area contributed by atoms with Crippen molar-refractivity contribution in [2.45, 2.75) is 38.9 Å². The van der Waals surface area contributed by atoms with Crippen molar-refractivity contribution in [2.24, 2.45) is 0 Å². The van der Waals surface area contributed by atoms with Gasteiger partial charge in [-0.3, -0.25) is 4.90 Å². The molecule has 0 amide bonds. The van der Waals surface area contributed by atoms with E-state index in [4.69, 9.17) is 4.42 Å². The molecule has 0 saturated carbocycles. The lowest BCUT2D eigenvalue weighted by Crippen LogP contribution is -2.52. The number of nitrogens with one attached hydrogen (secondary N) is 1. The van der Waals surface area contributed by atoms with E-state index in [2.05, 4.69) is 60.5 Å². The molecule has 3 heteroatoms. The van der Waals surface area contributed by atoms with Crippen molar-refractivity contribution < 1.29 is 4.42 Å². The number of furan rings is 1. The molecule has 112 valence electrons. The fourth-order valence-corrected chi connectivity index (χ4v) is 3.18. The average Bonchev–Trinajstić information content (AvgIpc) is 2.94. The van der Waals surface area contributed by atoms with Gasteiger partial charge in [0.05, 0.1) is 6.04 Å². The molecule has 0 aliphatic carbocycles. The molecule has 3 nitrogen and oxygen atoms in total. The summed E-state index contributed by atoms with van der Waals surface area (Å²) in [6.45, 7) is 8.53. The zero-order valence-electron chi connectivity index (χ0n) is 13.0. The molecule has 21 heavy (non-hydrogen) atoms. The van der Waals surface area contributed by atoms with Crippen LogP contribution in [0.15, 0.2) is 46.9 Å². The molecule has 3 unspecified atom stereocenters. The topological polar surface area (TPSA) is 28.4 Å². The number of benzene rings is 1. The fraction of sp³-hybridized carbons (Fsp3) is 0.444. The first kappa shape index (κ1) is 14.4. The summed E-state index contributed by atoms with van der Waals surface area (Å²) in [5.41, 5.74) is 1.36. The van der Waals surface area contributed by atoms with E-state index in [1.165, 1.54) is 5.56 Å². The van der Waals surface area contributed by atoms with Crippen molar-refractivity contribution >= 4 is 0 Å². The summed E-state index contributed by atoms with van der Waals surface area (Å²) >= 11 is 0. The molecule has 3 atom stereocenters. The van der Waals surface area contributed by atoms with Crippen LogP contribution in [0.2, 0.25) is 0 Å². The number of hydrogen-bond donors (Lipinski definition) is 1. The molecule has 1 aromatic carbocycles. The van der Waals surface area contributed by atoms with Crippen LogP contribution < -0.4 is 5.32 Å². The predicted octanol–water partition coefficient (Wildman–Crippen LogP) is 3.68. The van der Waals surface area contributed by atoms with Gasteiger partial charge in [0.15, 0.2) is 0 Å². The van der Waals surface area contributed by atoms with Crippen LogP contribution >= 0.6 is 0 Å². The number of nitrogens with zero attached hydrogens (tertiary/aromatic N) is 1. The molecule has 0 radical (unpaired) electrons. The van der Waals surface area contributed by atoms with Crippen LogP contribution in [-0.2, 0) is 0 Å². The summed E-state index contributed by atoms with van der Waals surface area (Å²) in [5.74, 6) is 2.05. The van der Waals surface area contributed by atoms with Gasteiger partial charge in [-0.05, 0) is 38.5 Å². The zero-order valence-corrected chi connectivity index (χ0v) is 13.0. The minimum Gasteiger partial charge on any atom is -0.465 e. The third-order valence-corrected chi connectivity index (χ3v) is 4.49. The molecule has 3 rings (SSSR count). The van der Waals surface area contributed by atoms with Gasteiger partial charge in [0.25, 0.3) is 0 Å². The van der Waals surface area contributed by atoms with Gasteiger partial charge in [0, 0.05) is 25.2 Å². The van der Waals surface area contributed by atoms with Crippen LogP contribution in [-0.4, -0.2) is 24.0 Å². The van der Waals surface area contributed by atoms with E-state index < -0.39 is 0 Å². The van der Waals surface area contributed by atoms with Crippen molar-refractivity contribution in [3.8, 4) is 0 Å². The minimum atomic E-state index is 0.307. The summed E-state index contributed by atoms with van der Waals surface area (Å²) in [5, 5.41) is 3.65. The van der Waals surface area contributed by atoms with E-state index in [0.717, 1.165) is 24.6 Å². The Balaban J connectivity index is 1.77. The zero-order chi connectivity index (χ0) is 14.8. The van der Waals surface area contributed by atoms with Gasteiger partial charge in [-0.2, -0.15) is 0 Å². The Bertz CT molecular complexity index is 578. The van der Waals surface area contributed by atoms with E-state index >= 15 is 0 Å². The van der Waals surface area contributed by atoms with Gasteiger partial charge in [-0.1, -0.05) is 30.3 Å². The fourth-order valence-electron chi connectivity index (χ4n) is 3.18. The van der Waals surface area contributed by atoms with Gasteiger partial charge >= 0.3 is 0 Å². The minimum absolute atomic E-state index is 0.307. The van der Waals surface area contributed by atoms with Crippen molar-refractivity contribution in [2.75, 3.05) is 13.1 Å². The van der Waals surface area contributed by atoms with Crippen LogP contribution in [0.4, 0.5) is 0 Å². The van der Waals surface area contributed by atoms with E-state index in [-0.39, 0.29) is 0 Å². The van der Waals surface area contributed by atoms with Gasteiger partial charge in [0.2, 0.25) is 0 Å². The number of aryl methyl sites for hydroxylation is 1. The third kappa shape index (κ3) is 3.04. The van der Waals surface area contributed by atoms with E-state index in [0.29, 0.717) is 18.1 Å². The first-order valence-electron chi connectivity index (χ1n) is 7.75. The van der Waals surface area contributed by atoms with Crippen molar-refractivity contribution in [3.63, 3.8) is 0 Å². The Morgan fingerprint density at radius 3 is 2.62 bits per heavy atom. The third-order valence-electron chi connectivity index (χ3n) is 4.49. The first-order chi connectivity index (χ1) is 10.1. The van der Waals surface area contributed by atoms with Crippen LogP contribution in [0.3, 0.4) is 0 Å². The molecule has 1 aliphatic rings. The molecule has 0 spiro atoms. The standard InChI is InChI=1S/C18H24N2O/c1-13-11-19-17(16-7-5-4-6-8-16)12-20(13)15(3)18-10-9-14(2)21-18/h4-10,13,15,17,19H,11-12H2,1-3H3. The molecule has 2 aromatic rings. The first-order valence-corrected chi connectivity index (χ1v) is 7.75. The Hall–Kier alpha value is -1.58. The molecule has 2 heterocycles. The number of rotatable bonds is 3. The highest BCUT2D eigenvalue weighted by Crippen LogP contribution is 2.29. The summed E-state index contributed by atoms with van der Waals surface area (Å²) in [7, 11) is 0. The molecule has 1 N–H and O–H groups in total. The van der Waals surface area contributed by atoms with Crippen LogP contribution in [0.1, 0.15) is 43.0 Å². The van der Waals surface area contributed by atoms with E-state index in [9.17, 15) is 0 Å². The smallest absolute Gasteiger partial charge is 0.121 e. The van der Waals surface area contributed by atoms with E-state index in [1.807, 2.05) is 13.0 Å². The predicted molar refractivity (Wildman–Crippen MR) is 85.2 cm³/mol. The van der Waals surface area contributed by atoms with Gasteiger partial charge in [-0.15, -0.1) is 0 Å². The van der Waals surface area contributed by atoms with Gasteiger partial charge in [0.1, 0.15) is 11.5 Å². The Kier molecular flexibility index (Phi) is 4.13. The largest absolute Gasteiger partial charge is 0.465 e.